The van der Waals surface area contributed by atoms with Gasteiger partial charge in [-0.3, -0.25) is 4.79 Å². The summed E-state index contributed by atoms with van der Waals surface area (Å²) in [6.07, 6.45) is 1.87. The number of aromatic nitrogens is 5. The molecule has 162 valence electrons. The van der Waals surface area contributed by atoms with Crippen molar-refractivity contribution in [3.05, 3.63) is 82.4 Å². The average Bonchev–Trinajstić information content (AvgIpc) is 3.57. The number of thiophene rings is 1. The van der Waals surface area contributed by atoms with Crippen LogP contribution in [0.25, 0.3) is 43.7 Å². The van der Waals surface area contributed by atoms with E-state index in [9.17, 15) is 4.79 Å². The van der Waals surface area contributed by atoms with Crippen LogP contribution >= 0.6 is 23.1 Å². The molecule has 0 radical (unpaired) electrons. The van der Waals surface area contributed by atoms with Crippen LogP contribution < -0.4 is 5.56 Å². The Bertz CT molecular complexity index is 1650. The minimum Gasteiger partial charge on any atom is -0.411 e. The van der Waals surface area contributed by atoms with Crippen molar-refractivity contribution in [1.29, 1.82) is 0 Å². The van der Waals surface area contributed by atoms with Gasteiger partial charge in [0.15, 0.2) is 0 Å². The largest absolute Gasteiger partial charge is 0.411 e. The first-order chi connectivity index (χ1) is 16.2. The number of nitrogens with one attached hydrogen (secondary N) is 2. The molecule has 9 heteroatoms. The van der Waals surface area contributed by atoms with E-state index in [2.05, 4.69) is 20.2 Å². The van der Waals surface area contributed by atoms with E-state index in [0.29, 0.717) is 27.2 Å². The highest BCUT2D eigenvalue weighted by Crippen LogP contribution is 2.36. The van der Waals surface area contributed by atoms with Crippen LogP contribution in [0, 0.1) is 0 Å². The van der Waals surface area contributed by atoms with E-state index in [1.165, 1.54) is 23.1 Å². The highest BCUT2D eigenvalue weighted by molar-refractivity contribution is 7.99. The zero-order valence-electron chi connectivity index (χ0n) is 17.4. The van der Waals surface area contributed by atoms with Gasteiger partial charge in [-0.25, -0.2) is 4.98 Å². The third kappa shape index (κ3) is 3.55. The van der Waals surface area contributed by atoms with E-state index in [1.54, 1.807) is 0 Å². The highest BCUT2D eigenvalue weighted by atomic mass is 32.2. The van der Waals surface area contributed by atoms with E-state index < -0.39 is 0 Å². The fourth-order valence-corrected chi connectivity index (χ4v) is 5.51. The van der Waals surface area contributed by atoms with Gasteiger partial charge in [0, 0.05) is 28.0 Å². The lowest BCUT2D eigenvalue weighted by atomic mass is 10.1. The molecular weight excluding hydrogens is 454 g/mol. The second-order valence-corrected chi connectivity index (χ2v) is 9.68. The maximum atomic E-state index is 12.9. The van der Waals surface area contributed by atoms with Crippen LogP contribution in [0.5, 0.6) is 0 Å². The average molecular weight is 472 g/mol. The lowest BCUT2D eigenvalue weighted by Crippen LogP contribution is -2.12. The number of hydrogen-bond donors (Lipinski definition) is 2. The number of rotatable bonds is 5. The monoisotopic (exact) mass is 471 g/mol. The Kier molecular flexibility index (Phi) is 4.85. The van der Waals surface area contributed by atoms with Crippen molar-refractivity contribution in [2.45, 2.75) is 17.4 Å². The molecular formula is C24H17N5O2S2. The fraction of sp³-hybridized carbons (Fsp3) is 0.0833. The van der Waals surface area contributed by atoms with Crippen molar-refractivity contribution in [2.24, 2.45) is 0 Å². The Hall–Kier alpha value is -3.69. The Morgan fingerprint density at radius 3 is 2.73 bits per heavy atom. The predicted molar refractivity (Wildman–Crippen MR) is 132 cm³/mol. The van der Waals surface area contributed by atoms with Crippen LogP contribution in [0.3, 0.4) is 0 Å². The number of benzene rings is 2. The van der Waals surface area contributed by atoms with Gasteiger partial charge in [0.1, 0.15) is 10.7 Å². The minimum absolute atomic E-state index is 0.146. The quantitative estimate of drug-likeness (QED) is 0.298. The summed E-state index contributed by atoms with van der Waals surface area (Å²) < 4.78 is 5.91. The molecule has 0 aliphatic rings. The van der Waals surface area contributed by atoms with E-state index in [-0.39, 0.29) is 10.8 Å². The summed E-state index contributed by atoms with van der Waals surface area (Å²) in [5.41, 5.74) is 3.62. The van der Waals surface area contributed by atoms with Gasteiger partial charge in [-0.2, -0.15) is 0 Å². The predicted octanol–water partition coefficient (Wildman–Crippen LogP) is 6.04. The molecule has 4 heterocycles. The van der Waals surface area contributed by atoms with Gasteiger partial charge in [-0.1, -0.05) is 60.3 Å². The Morgan fingerprint density at radius 2 is 1.85 bits per heavy atom. The number of fused-ring (bicyclic) bond motifs is 2. The van der Waals surface area contributed by atoms with E-state index in [4.69, 9.17) is 9.40 Å². The summed E-state index contributed by atoms with van der Waals surface area (Å²) in [4.78, 5) is 24.5. The second kappa shape index (κ2) is 8.02. The number of para-hydroxylation sites is 1. The molecule has 4 aromatic heterocycles. The molecule has 0 amide bonds. The molecule has 0 saturated heterocycles. The van der Waals surface area contributed by atoms with E-state index >= 15 is 0 Å². The van der Waals surface area contributed by atoms with Gasteiger partial charge in [0.2, 0.25) is 0 Å². The van der Waals surface area contributed by atoms with Gasteiger partial charge >= 0.3 is 0 Å². The van der Waals surface area contributed by atoms with Gasteiger partial charge in [0.25, 0.3) is 16.7 Å². The summed E-state index contributed by atoms with van der Waals surface area (Å²) in [6, 6.07) is 17.8. The fourth-order valence-electron chi connectivity index (χ4n) is 3.81. The molecule has 0 unspecified atom stereocenters. The molecule has 0 saturated carbocycles. The van der Waals surface area contributed by atoms with Crippen LogP contribution in [0.2, 0.25) is 0 Å². The van der Waals surface area contributed by atoms with E-state index in [1.807, 2.05) is 73.1 Å². The molecule has 33 heavy (non-hydrogen) atoms. The van der Waals surface area contributed by atoms with Crippen molar-refractivity contribution >= 4 is 44.2 Å². The topological polar surface area (TPSA) is 100 Å². The van der Waals surface area contributed by atoms with Crippen LogP contribution in [0.4, 0.5) is 0 Å². The minimum atomic E-state index is -0.180. The standard InChI is InChI=1S/C24H17N5O2S2/c1-13(33-24-29-28-22(31-24)16-11-25-18-10-6-5-9-15(16)18)20-26-21(30)19-17(12-32-23(19)27-20)14-7-3-2-4-8-14/h2-13,25H,1H3,(H,26,27,30)/t13-/m0/s1. The lowest BCUT2D eigenvalue weighted by Gasteiger charge is -2.07. The summed E-state index contributed by atoms with van der Waals surface area (Å²) in [5.74, 6) is 1.02. The molecule has 2 N–H and O–H groups in total. The molecule has 6 aromatic rings. The van der Waals surface area contributed by atoms with Crippen molar-refractivity contribution < 1.29 is 4.42 Å². The first kappa shape index (κ1) is 20.0. The molecule has 7 nitrogen and oxygen atoms in total. The zero-order valence-corrected chi connectivity index (χ0v) is 19.0. The molecule has 6 rings (SSSR count). The summed E-state index contributed by atoms with van der Waals surface area (Å²) in [5, 5.41) is 12.3. The molecule has 0 fully saturated rings. The van der Waals surface area contributed by atoms with Crippen LogP contribution in [-0.4, -0.2) is 25.1 Å². The number of aromatic amines is 2. The van der Waals surface area contributed by atoms with Crippen molar-refractivity contribution in [3.8, 4) is 22.6 Å². The maximum absolute atomic E-state index is 12.9. The van der Waals surface area contributed by atoms with Crippen LogP contribution in [0.1, 0.15) is 18.0 Å². The van der Waals surface area contributed by atoms with Gasteiger partial charge < -0.3 is 14.4 Å². The molecule has 2 aromatic carbocycles. The zero-order chi connectivity index (χ0) is 22.4. The number of thioether (sulfide) groups is 1. The highest BCUT2D eigenvalue weighted by Gasteiger charge is 2.20. The Morgan fingerprint density at radius 1 is 1.03 bits per heavy atom. The van der Waals surface area contributed by atoms with Crippen molar-refractivity contribution in [3.63, 3.8) is 0 Å². The third-order valence-corrected chi connectivity index (χ3v) is 7.25. The van der Waals surface area contributed by atoms with Crippen molar-refractivity contribution in [1.82, 2.24) is 25.1 Å². The van der Waals surface area contributed by atoms with Crippen LogP contribution in [-0.2, 0) is 0 Å². The van der Waals surface area contributed by atoms with Crippen molar-refractivity contribution in [2.75, 3.05) is 0 Å². The first-order valence-electron chi connectivity index (χ1n) is 10.3. The Balaban J connectivity index is 1.29. The number of hydrogen-bond acceptors (Lipinski definition) is 7. The number of H-pyrrole nitrogens is 2. The molecule has 0 bridgehead atoms. The van der Waals surface area contributed by atoms with Crippen LogP contribution in [0.15, 0.2) is 80.6 Å². The normalized spacial score (nSPS) is 12.5. The van der Waals surface area contributed by atoms with Gasteiger partial charge in [-0.15, -0.1) is 21.5 Å². The van der Waals surface area contributed by atoms with Gasteiger partial charge in [0.05, 0.1) is 16.2 Å². The smallest absolute Gasteiger partial charge is 0.277 e. The lowest BCUT2D eigenvalue weighted by molar-refractivity contribution is 0.465. The molecule has 1 atom stereocenters. The summed E-state index contributed by atoms with van der Waals surface area (Å²) in [6.45, 7) is 1.95. The first-order valence-corrected chi connectivity index (χ1v) is 12.1. The maximum Gasteiger partial charge on any atom is 0.277 e. The molecule has 0 spiro atoms. The summed E-state index contributed by atoms with van der Waals surface area (Å²) >= 11 is 2.83. The second-order valence-electron chi connectivity index (χ2n) is 7.53. The van der Waals surface area contributed by atoms with Gasteiger partial charge in [-0.05, 0) is 18.6 Å². The van der Waals surface area contributed by atoms with E-state index in [0.717, 1.165) is 27.6 Å². The molecule has 0 aliphatic carbocycles. The number of nitrogens with zero attached hydrogens (tertiary/aromatic N) is 3. The molecule has 0 aliphatic heterocycles. The third-order valence-electron chi connectivity index (χ3n) is 5.44. The SMILES string of the molecule is C[C@H](Sc1nnc(-c2c[nH]c3ccccc23)o1)c1nc2scc(-c3ccccc3)c2c(=O)[nH]1. The Labute approximate surface area is 195 Å². The summed E-state index contributed by atoms with van der Waals surface area (Å²) in [7, 11) is 0.